The van der Waals surface area contributed by atoms with E-state index in [1.54, 1.807) is 0 Å². The molecule has 0 saturated heterocycles. The molecule has 102 valence electrons. The summed E-state index contributed by atoms with van der Waals surface area (Å²) >= 11 is 6.17. The SMILES string of the molecule is ClCC(=Cc1ccc(C2CC2)cc1)C1CCCCC1. The Labute approximate surface area is 121 Å². The van der Waals surface area contributed by atoms with Gasteiger partial charge in [0.2, 0.25) is 0 Å². The highest BCUT2D eigenvalue weighted by Crippen LogP contribution is 2.40. The van der Waals surface area contributed by atoms with E-state index in [0.717, 1.165) is 11.8 Å². The zero-order valence-corrected chi connectivity index (χ0v) is 12.3. The third kappa shape index (κ3) is 3.42. The maximum Gasteiger partial charge on any atom is 0.0439 e. The van der Waals surface area contributed by atoms with Crippen LogP contribution in [0.15, 0.2) is 29.8 Å². The summed E-state index contributed by atoms with van der Waals surface area (Å²) in [5, 5.41) is 0. The van der Waals surface area contributed by atoms with Crippen molar-refractivity contribution in [2.24, 2.45) is 5.92 Å². The number of benzene rings is 1. The van der Waals surface area contributed by atoms with Crippen LogP contribution in [0.3, 0.4) is 0 Å². The van der Waals surface area contributed by atoms with E-state index in [9.17, 15) is 0 Å². The molecule has 1 heteroatoms. The van der Waals surface area contributed by atoms with Crippen LogP contribution in [0.4, 0.5) is 0 Å². The first-order valence-corrected chi connectivity index (χ1v) is 8.26. The molecule has 1 aromatic rings. The Kier molecular flexibility index (Phi) is 4.28. The average molecular weight is 275 g/mol. The van der Waals surface area contributed by atoms with E-state index in [2.05, 4.69) is 30.3 Å². The predicted octanol–water partition coefficient (Wildman–Crippen LogP) is 5.77. The zero-order chi connectivity index (χ0) is 13.1. The predicted molar refractivity (Wildman–Crippen MR) is 83.7 cm³/mol. The molecule has 3 rings (SSSR count). The van der Waals surface area contributed by atoms with Crippen molar-refractivity contribution in [3.8, 4) is 0 Å². The Balaban J connectivity index is 1.73. The van der Waals surface area contributed by atoms with Gasteiger partial charge in [-0.2, -0.15) is 0 Å². The maximum atomic E-state index is 6.17. The van der Waals surface area contributed by atoms with E-state index < -0.39 is 0 Å². The Morgan fingerprint density at radius 3 is 2.26 bits per heavy atom. The van der Waals surface area contributed by atoms with Crippen LogP contribution in [0.2, 0.25) is 0 Å². The lowest BCUT2D eigenvalue weighted by molar-refractivity contribution is 0.405. The first-order valence-electron chi connectivity index (χ1n) is 7.73. The van der Waals surface area contributed by atoms with E-state index in [-0.39, 0.29) is 0 Å². The molecular weight excluding hydrogens is 252 g/mol. The smallest absolute Gasteiger partial charge is 0.0439 e. The van der Waals surface area contributed by atoms with Crippen molar-refractivity contribution in [2.45, 2.75) is 50.9 Å². The normalized spacial score (nSPS) is 21.6. The topological polar surface area (TPSA) is 0 Å². The van der Waals surface area contributed by atoms with Gasteiger partial charge >= 0.3 is 0 Å². The Hall–Kier alpha value is -0.750. The molecule has 0 aliphatic heterocycles. The first-order chi connectivity index (χ1) is 9.36. The lowest BCUT2D eigenvalue weighted by atomic mass is 9.83. The molecule has 0 spiro atoms. The van der Waals surface area contributed by atoms with Gasteiger partial charge in [-0.25, -0.2) is 0 Å². The largest absolute Gasteiger partial charge is 0.122 e. The van der Waals surface area contributed by atoms with Crippen molar-refractivity contribution < 1.29 is 0 Å². The van der Waals surface area contributed by atoms with E-state index in [0.29, 0.717) is 5.88 Å². The summed E-state index contributed by atoms with van der Waals surface area (Å²) in [6.07, 6.45) is 11.9. The summed E-state index contributed by atoms with van der Waals surface area (Å²) in [6, 6.07) is 9.14. The minimum absolute atomic E-state index is 0.690. The fourth-order valence-electron chi connectivity index (χ4n) is 3.23. The van der Waals surface area contributed by atoms with Gasteiger partial charge < -0.3 is 0 Å². The van der Waals surface area contributed by atoms with Crippen molar-refractivity contribution >= 4 is 17.7 Å². The number of hydrogen-bond acceptors (Lipinski definition) is 0. The van der Waals surface area contributed by atoms with Crippen LogP contribution in [0.5, 0.6) is 0 Å². The van der Waals surface area contributed by atoms with Gasteiger partial charge in [0.25, 0.3) is 0 Å². The molecule has 0 bridgehead atoms. The van der Waals surface area contributed by atoms with Crippen molar-refractivity contribution in [1.29, 1.82) is 0 Å². The van der Waals surface area contributed by atoms with E-state index in [4.69, 9.17) is 11.6 Å². The molecular formula is C18H23Cl. The van der Waals surface area contributed by atoms with Crippen LogP contribution >= 0.6 is 11.6 Å². The number of hydrogen-bond donors (Lipinski definition) is 0. The fourth-order valence-corrected chi connectivity index (χ4v) is 3.53. The highest BCUT2D eigenvalue weighted by atomic mass is 35.5. The third-order valence-electron chi connectivity index (χ3n) is 4.62. The quantitative estimate of drug-likeness (QED) is 0.612. The minimum atomic E-state index is 0.690. The number of allylic oxidation sites excluding steroid dienone is 1. The Morgan fingerprint density at radius 2 is 1.68 bits per heavy atom. The highest BCUT2D eigenvalue weighted by molar-refractivity contribution is 6.19. The van der Waals surface area contributed by atoms with Crippen LogP contribution in [0.1, 0.15) is 62.0 Å². The molecule has 1 aromatic carbocycles. The van der Waals surface area contributed by atoms with Crippen LogP contribution in [-0.2, 0) is 0 Å². The second-order valence-corrected chi connectivity index (χ2v) is 6.40. The molecule has 0 nitrogen and oxygen atoms in total. The molecule has 2 fully saturated rings. The summed E-state index contributed by atoms with van der Waals surface area (Å²) in [7, 11) is 0. The van der Waals surface area contributed by atoms with Gasteiger partial charge in [-0.05, 0) is 48.6 Å². The molecule has 0 amide bonds. The average Bonchev–Trinajstić information content (AvgIpc) is 3.31. The van der Waals surface area contributed by atoms with Crippen LogP contribution in [0, 0.1) is 5.92 Å². The van der Waals surface area contributed by atoms with Gasteiger partial charge in [-0.15, -0.1) is 11.6 Å². The molecule has 0 unspecified atom stereocenters. The molecule has 2 saturated carbocycles. The van der Waals surface area contributed by atoms with Gasteiger partial charge in [0, 0.05) is 5.88 Å². The van der Waals surface area contributed by atoms with Crippen molar-refractivity contribution in [1.82, 2.24) is 0 Å². The number of rotatable bonds is 4. The van der Waals surface area contributed by atoms with Gasteiger partial charge in [0.05, 0.1) is 0 Å². The summed E-state index contributed by atoms with van der Waals surface area (Å²) < 4.78 is 0. The maximum absolute atomic E-state index is 6.17. The van der Waals surface area contributed by atoms with Crippen LogP contribution < -0.4 is 0 Å². The highest BCUT2D eigenvalue weighted by Gasteiger charge is 2.23. The van der Waals surface area contributed by atoms with Crippen molar-refractivity contribution in [3.05, 3.63) is 41.0 Å². The molecule has 2 aliphatic rings. The molecule has 0 N–H and O–H groups in total. The van der Waals surface area contributed by atoms with Gasteiger partial charge in [-0.3, -0.25) is 0 Å². The Morgan fingerprint density at radius 1 is 1.00 bits per heavy atom. The molecule has 0 atom stereocenters. The van der Waals surface area contributed by atoms with E-state index in [1.807, 2.05) is 0 Å². The third-order valence-corrected chi connectivity index (χ3v) is 4.93. The second kappa shape index (κ2) is 6.13. The Bertz CT molecular complexity index is 433. The van der Waals surface area contributed by atoms with Crippen molar-refractivity contribution in [3.63, 3.8) is 0 Å². The summed E-state index contributed by atoms with van der Waals surface area (Å²) in [6.45, 7) is 0. The minimum Gasteiger partial charge on any atom is -0.122 e. The van der Waals surface area contributed by atoms with E-state index >= 15 is 0 Å². The first kappa shape index (κ1) is 13.2. The van der Waals surface area contributed by atoms with Crippen LogP contribution in [0.25, 0.3) is 6.08 Å². The molecule has 2 aliphatic carbocycles. The molecule has 0 heterocycles. The van der Waals surface area contributed by atoms with Gasteiger partial charge in [0.1, 0.15) is 0 Å². The van der Waals surface area contributed by atoms with Gasteiger partial charge in [-0.1, -0.05) is 55.2 Å². The van der Waals surface area contributed by atoms with Crippen LogP contribution in [-0.4, -0.2) is 5.88 Å². The van der Waals surface area contributed by atoms with Gasteiger partial charge in [0.15, 0.2) is 0 Å². The second-order valence-electron chi connectivity index (χ2n) is 6.13. The zero-order valence-electron chi connectivity index (χ0n) is 11.6. The lowest BCUT2D eigenvalue weighted by Gasteiger charge is -2.23. The molecule has 19 heavy (non-hydrogen) atoms. The summed E-state index contributed by atoms with van der Waals surface area (Å²) in [5.74, 6) is 2.27. The number of halogens is 1. The molecule has 0 radical (unpaired) electrons. The standard InChI is InChI=1S/C18H23Cl/c19-13-18(15-4-2-1-3-5-15)12-14-6-8-16(9-7-14)17-10-11-17/h6-9,12,15,17H,1-5,10-11,13H2. The van der Waals surface area contributed by atoms with Crippen molar-refractivity contribution in [2.75, 3.05) is 5.88 Å². The monoisotopic (exact) mass is 274 g/mol. The molecule has 0 aromatic heterocycles. The summed E-state index contributed by atoms with van der Waals surface area (Å²) in [4.78, 5) is 0. The fraction of sp³-hybridized carbons (Fsp3) is 0.556. The van der Waals surface area contributed by atoms with E-state index in [1.165, 1.54) is 61.6 Å². The number of alkyl halides is 1. The summed E-state index contributed by atoms with van der Waals surface area (Å²) in [5.41, 5.74) is 4.29. The lowest BCUT2D eigenvalue weighted by Crippen LogP contribution is -2.10.